The van der Waals surface area contributed by atoms with E-state index in [0.717, 1.165) is 5.56 Å². The lowest BCUT2D eigenvalue weighted by Gasteiger charge is -2.07. The fourth-order valence-corrected chi connectivity index (χ4v) is 3.86. The van der Waals surface area contributed by atoms with Gasteiger partial charge in [-0.2, -0.15) is 5.26 Å². The molecule has 2 atom stereocenters. The van der Waals surface area contributed by atoms with Gasteiger partial charge in [-0.05, 0) is 49.1 Å². The zero-order valence-electron chi connectivity index (χ0n) is 14.0. The molecule has 1 fully saturated rings. The number of rotatable bonds is 5. The van der Waals surface area contributed by atoms with Crippen LogP contribution >= 0.6 is 0 Å². The molecule has 132 valence electrons. The highest BCUT2D eigenvalue weighted by molar-refractivity contribution is 7.90. The molecule has 0 bridgehead atoms. The molecular formula is C19H16N2O4S. The third kappa shape index (κ3) is 3.65. The third-order valence-electron chi connectivity index (χ3n) is 4.38. The Labute approximate surface area is 151 Å². The summed E-state index contributed by atoms with van der Waals surface area (Å²) in [6, 6.07) is 14.4. The van der Waals surface area contributed by atoms with Crippen LogP contribution in [-0.2, 0) is 14.8 Å². The number of Topliss-reactive ketones (excluding diaryl/α,β-unsaturated/α-hetero) is 1. The number of ketones is 1. The van der Waals surface area contributed by atoms with Crippen LogP contribution in [0.3, 0.4) is 0 Å². The van der Waals surface area contributed by atoms with Crippen LogP contribution in [0.1, 0.15) is 40.7 Å². The maximum Gasteiger partial charge on any atom is 0.264 e. The van der Waals surface area contributed by atoms with Gasteiger partial charge < -0.3 is 0 Å². The Morgan fingerprint density at radius 3 is 2.46 bits per heavy atom. The molecule has 2 aromatic rings. The van der Waals surface area contributed by atoms with Gasteiger partial charge in [-0.3, -0.25) is 9.59 Å². The highest BCUT2D eigenvalue weighted by Gasteiger charge is 2.45. The normalized spacial score (nSPS) is 18.6. The first-order chi connectivity index (χ1) is 12.3. The van der Waals surface area contributed by atoms with Crippen LogP contribution in [0.4, 0.5) is 0 Å². The van der Waals surface area contributed by atoms with E-state index in [2.05, 4.69) is 4.72 Å². The highest BCUT2D eigenvalue weighted by atomic mass is 32.2. The number of amides is 1. The van der Waals surface area contributed by atoms with Crippen LogP contribution in [0.2, 0.25) is 0 Å². The van der Waals surface area contributed by atoms with Gasteiger partial charge in [-0.1, -0.05) is 24.3 Å². The molecule has 1 aliphatic rings. The number of nitrogens with one attached hydrogen (secondary N) is 1. The molecule has 1 aliphatic carbocycles. The van der Waals surface area contributed by atoms with E-state index >= 15 is 0 Å². The lowest BCUT2D eigenvalue weighted by molar-refractivity contribution is -0.120. The summed E-state index contributed by atoms with van der Waals surface area (Å²) in [5.74, 6) is -1.25. The van der Waals surface area contributed by atoms with Crippen molar-refractivity contribution in [3.63, 3.8) is 0 Å². The fraction of sp³-hybridized carbons (Fsp3) is 0.211. The molecule has 0 heterocycles. The zero-order valence-corrected chi connectivity index (χ0v) is 14.8. The largest absolute Gasteiger partial charge is 0.295 e. The minimum atomic E-state index is -3.99. The molecule has 6 nitrogen and oxygen atoms in total. The summed E-state index contributed by atoms with van der Waals surface area (Å²) in [7, 11) is -3.99. The van der Waals surface area contributed by atoms with Crippen molar-refractivity contribution in [3.05, 3.63) is 65.2 Å². The average molecular weight is 368 g/mol. The Morgan fingerprint density at radius 2 is 1.85 bits per heavy atom. The van der Waals surface area contributed by atoms with Gasteiger partial charge in [0.05, 0.1) is 16.5 Å². The number of hydrogen-bond donors (Lipinski definition) is 1. The molecule has 26 heavy (non-hydrogen) atoms. The minimum absolute atomic E-state index is 0.0699. The van der Waals surface area contributed by atoms with Crippen molar-refractivity contribution in [2.24, 2.45) is 5.92 Å². The molecule has 2 aromatic carbocycles. The molecule has 0 aromatic heterocycles. The molecule has 7 heteroatoms. The van der Waals surface area contributed by atoms with Crippen LogP contribution in [0.15, 0.2) is 53.4 Å². The van der Waals surface area contributed by atoms with Gasteiger partial charge in [0.2, 0.25) is 5.91 Å². The van der Waals surface area contributed by atoms with Gasteiger partial charge in [0.15, 0.2) is 5.78 Å². The summed E-state index contributed by atoms with van der Waals surface area (Å²) in [5, 5.41) is 8.94. The van der Waals surface area contributed by atoms with Crippen molar-refractivity contribution in [3.8, 4) is 6.07 Å². The summed E-state index contributed by atoms with van der Waals surface area (Å²) in [5.41, 5.74) is 1.76. The Kier molecular flexibility index (Phi) is 4.62. The Balaban J connectivity index is 1.70. The number of hydrogen-bond acceptors (Lipinski definition) is 5. The van der Waals surface area contributed by atoms with Crippen molar-refractivity contribution in [1.29, 1.82) is 5.26 Å². The lowest BCUT2D eigenvalue weighted by atomic mass is 10.1. The molecule has 0 radical (unpaired) electrons. The SMILES string of the molecule is CC(=O)c1ccc(S(=O)(=O)NC(=O)[C@@H]2C[C@@H]2c2cccc(C#N)c2)cc1. The molecule has 0 spiro atoms. The van der Waals surface area contributed by atoms with Crippen LogP contribution in [0, 0.1) is 17.2 Å². The van der Waals surface area contributed by atoms with E-state index in [9.17, 15) is 18.0 Å². The molecular weight excluding hydrogens is 352 g/mol. The number of nitriles is 1. The number of benzene rings is 2. The lowest BCUT2D eigenvalue weighted by Crippen LogP contribution is -2.32. The molecule has 0 unspecified atom stereocenters. The first-order valence-electron chi connectivity index (χ1n) is 7.99. The Morgan fingerprint density at radius 1 is 1.15 bits per heavy atom. The van der Waals surface area contributed by atoms with Gasteiger partial charge in [-0.15, -0.1) is 0 Å². The second kappa shape index (κ2) is 6.73. The number of sulfonamides is 1. The summed E-state index contributed by atoms with van der Waals surface area (Å²) < 4.78 is 26.8. The minimum Gasteiger partial charge on any atom is -0.295 e. The van der Waals surface area contributed by atoms with Crippen molar-refractivity contribution in [1.82, 2.24) is 4.72 Å². The second-order valence-corrected chi connectivity index (χ2v) is 7.92. The van der Waals surface area contributed by atoms with E-state index in [1.165, 1.54) is 31.2 Å². The molecule has 1 amide bonds. The van der Waals surface area contributed by atoms with Crippen LogP contribution < -0.4 is 4.72 Å². The standard InChI is InChI=1S/C19H16N2O4S/c1-12(22)14-5-7-16(8-6-14)26(24,25)21-19(23)18-10-17(18)15-4-2-3-13(9-15)11-20/h2-9,17-18H,10H2,1H3,(H,21,23)/t17-,18-/m1/s1. The zero-order chi connectivity index (χ0) is 18.9. The summed E-state index contributed by atoms with van der Waals surface area (Å²) in [4.78, 5) is 23.5. The molecule has 0 saturated heterocycles. The topological polar surface area (TPSA) is 104 Å². The van der Waals surface area contributed by atoms with Gasteiger partial charge in [0, 0.05) is 11.5 Å². The smallest absolute Gasteiger partial charge is 0.264 e. The Bertz CT molecular complexity index is 1020. The summed E-state index contributed by atoms with van der Waals surface area (Å²) in [6.45, 7) is 1.39. The summed E-state index contributed by atoms with van der Waals surface area (Å²) in [6.07, 6.45) is 0.541. The molecule has 1 saturated carbocycles. The number of nitrogens with zero attached hydrogens (tertiary/aromatic N) is 1. The first kappa shape index (κ1) is 17.8. The quantitative estimate of drug-likeness (QED) is 0.816. The van der Waals surface area contributed by atoms with Crippen molar-refractivity contribution >= 4 is 21.7 Å². The predicted molar refractivity (Wildman–Crippen MR) is 93.8 cm³/mol. The van der Waals surface area contributed by atoms with Crippen LogP contribution in [0.25, 0.3) is 0 Å². The predicted octanol–water partition coefficient (Wildman–Crippen LogP) is 2.37. The van der Waals surface area contributed by atoms with E-state index in [0.29, 0.717) is 17.5 Å². The van der Waals surface area contributed by atoms with Crippen LogP contribution in [0.5, 0.6) is 0 Å². The highest BCUT2D eigenvalue weighted by Crippen LogP contribution is 2.47. The third-order valence-corrected chi connectivity index (χ3v) is 5.74. The van der Waals surface area contributed by atoms with E-state index in [1.807, 2.05) is 12.1 Å². The van der Waals surface area contributed by atoms with E-state index in [4.69, 9.17) is 5.26 Å². The second-order valence-electron chi connectivity index (χ2n) is 6.24. The maximum atomic E-state index is 12.3. The van der Waals surface area contributed by atoms with E-state index < -0.39 is 21.8 Å². The van der Waals surface area contributed by atoms with Crippen molar-refractivity contribution < 1.29 is 18.0 Å². The molecule has 3 rings (SSSR count). The summed E-state index contributed by atoms with van der Waals surface area (Å²) >= 11 is 0. The van der Waals surface area contributed by atoms with Crippen molar-refractivity contribution in [2.75, 3.05) is 0 Å². The van der Waals surface area contributed by atoms with E-state index in [1.54, 1.807) is 18.2 Å². The fourth-order valence-electron chi connectivity index (χ4n) is 2.83. The van der Waals surface area contributed by atoms with Gasteiger partial charge in [0.25, 0.3) is 10.0 Å². The van der Waals surface area contributed by atoms with Gasteiger partial charge >= 0.3 is 0 Å². The van der Waals surface area contributed by atoms with Gasteiger partial charge in [-0.25, -0.2) is 13.1 Å². The van der Waals surface area contributed by atoms with Crippen LogP contribution in [-0.4, -0.2) is 20.1 Å². The number of carbonyl (C=O) groups excluding carboxylic acids is 2. The molecule has 0 aliphatic heterocycles. The van der Waals surface area contributed by atoms with Gasteiger partial charge in [0.1, 0.15) is 0 Å². The molecule has 1 N–H and O–H groups in total. The van der Waals surface area contributed by atoms with Crippen molar-refractivity contribution in [2.45, 2.75) is 24.2 Å². The Hall–Kier alpha value is -2.98. The number of carbonyl (C=O) groups is 2. The maximum absolute atomic E-state index is 12.3. The average Bonchev–Trinajstić information content (AvgIpc) is 3.42. The first-order valence-corrected chi connectivity index (χ1v) is 9.48. The van der Waals surface area contributed by atoms with E-state index in [-0.39, 0.29) is 16.6 Å². The monoisotopic (exact) mass is 368 g/mol.